The third kappa shape index (κ3) is 5.21. The summed E-state index contributed by atoms with van der Waals surface area (Å²) in [6.45, 7) is 2.89. The molecule has 1 aromatic rings. The van der Waals surface area contributed by atoms with Gasteiger partial charge in [-0.05, 0) is 32.3 Å². The minimum absolute atomic E-state index is 0.00260. The molecule has 1 unspecified atom stereocenters. The van der Waals surface area contributed by atoms with E-state index in [1.54, 1.807) is 0 Å². The number of halogens is 1. The lowest BCUT2D eigenvalue weighted by Crippen LogP contribution is -2.41. The highest BCUT2D eigenvalue weighted by molar-refractivity contribution is 9.10. The molecule has 1 fully saturated rings. The Labute approximate surface area is 134 Å². The summed E-state index contributed by atoms with van der Waals surface area (Å²) < 4.78 is 6.92. The number of ether oxygens (including phenoxy) is 1. The number of nitrogens with one attached hydrogen (secondary N) is 1. The first-order chi connectivity index (χ1) is 10.0. The summed E-state index contributed by atoms with van der Waals surface area (Å²) in [4.78, 5) is 15.9. The summed E-state index contributed by atoms with van der Waals surface area (Å²) in [5.74, 6) is 0.837. The Kier molecular flexibility index (Phi) is 5.87. The zero-order valence-corrected chi connectivity index (χ0v) is 14.1. The smallest absolute Gasteiger partial charge is 0.317 e. The lowest BCUT2D eigenvalue weighted by Gasteiger charge is -2.19. The fourth-order valence-electron chi connectivity index (χ4n) is 2.24. The average molecular weight is 356 g/mol. The summed E-state index contributed by atoms with van der Waals surface area (Å²) in [7, 11) is 3.98. The highest BCUT2D eigenvalue weighted by Gasteiger charge is 2.27. The topological polar surface area (TPSA) is 44.8 Å². The second kappa shape index (κ2) is 7.66. The van der Waals surface area contributed by atoms with Gasteiger partial charge in [0, 0.05) is 30.5 Å². The van der Waals surface area contributed by atoms with Crippen molar-refractivity contribution < 1.29 is 9.53 Å². The minimum atomic E-state index is -0.00260. The number of carbonyl (C=O) groups is 1. The highest BCUT2D eigenvalue weighted by Crippen LogP contribution is 2.22. The highest BCUT2D eigenvalue weighted by atomic mass is 79.9. The van der Waals surface area contributed by atoms with Crippen molar-refractivity contribution in [3.8, 4) is 5.75 Å². The van der Waals surface area contributed by atoms with Gasteiger partial charge in [-0.1, -0.05) is 22.0 Å². The molecule has 1 N–H and O–H groups in total. The Bertz CT molecular complexity index is 482. The third-order valence-electron chi connectivity index (χ3n) is 3.37. The molecule has 0 aliphatic carbocycles. The first-order valence-electron chi connectivity index (χ1n) is 7.14. The van der Waals surface area contributed by atoms with Crippen LogP contribution >= 0.6 is 15.9 Å². The SMILES string of the molecule is CN(C)CCNC(=O)N1CCC(Oc2cccc(Br)c2)C1. The number of benzene rings is 1. The van der Waals surface area contributed by atoms with Gasteiger partial charge in [0.15, 0.2) is 0 Å². The molecule has 116 valence electrons. The number of urea groups is 1. The van der Waals surface area contributed by atoms with E-state index in [1.165, 1.54) is 0 Å². The Hall–Kier alpha value is -1.27. The van der Waals surface area contributed by atoms with Crippen LogP contribution in [0.3, 0.4) is 0 Å². The van der Waals surface area contributed by atoms with Crippen LogP contribution in [0.5, 0.6) is 5.75 Å². The van der Waals surface area contributed by atoms with E-state index in [0.29, 0.717) is 13.1 Å². The first-order valence-corrected chi connectivity index (χ1v) is 7.93. The van der Waals surface area contributed by atoms with Crippen molar-refractivity contribution in [3.05, 3.63) is 28.7 Å². The Balaban J connectivity index is 1.76. The number of nitrogens with zero attached hydrogens (tertiary/aromatic N) is 2. The van der Waals surface area contributed by atoms with Crippen LogP contribution in [0, 0.1) is 0 Å². The maximum Gasteiger partial charge on any atom is 0.317 e. The largest absolute Gasteiger partial charge is 0.488 e. The van der Waals surface area contributed by atoms with E-state index in [2.05, 4.69) is 21.2 Å². The Morgan fingerprint density at radius 1 is 1.52 bits per heavy atom. The van der Waals surface area contributed by atoms with Gasteiger partial charge in [0.2, 0.25) is 0 Å². The van der Waals surface area contributed by atoms with E-state index in [9.17, 15) is 4.79 Å². The lowest BCUT2D eigenvalue weighted by atomic mass is 10.3. The van der Waals surface area contributed by atoms with E-state index < -0.39 is 0 Å². The van der Waals surface area contributed by atoms with Gasteiger partial charge in [0.25, 0.3) is 0 Å². The predicted molar refractivity (Wildman–Crippen MR) is 86.7 cm³/mol. The van der Waals surface area contributed by atoms with Gasteiger partial charge in [-0.3, -0.25) is 0 Å². The molecule has 0 bridgehead atoms. The van der Waals surface area contributed by atoms with Gasteiger partial charge in [0.1, 0.15) is 11.9 Å². The van der Waals surface area contributed by atoms with Crippen LogP contribution < -0.4 is 10.1 Å². The van der Waals surface area contributed by atoms with E-state index in [0.717, 1.165) is 29.7 Å². The van der Waals surface area contributed by atoms with Crippen LogP contribution in [0.4, 0.5) is 4.79 Å². The molecule has 1 saturated heterocycles. The molecular formula is C15H22BrN3O2. The second-order valence-electron chi connectivity index (χ2n) is 5.47. The molecule has 1 aromatic carbocycles. The monoisotopic (exact) mass is 355 g/mol. The molecule has 5 nitrogen and oxygen atoms in total. The number of carbonyl (C=O) groups excluding carboxylic acids is 1. The summed E-state index contributed by atoms with van der Waals surface area (Å²) in [6, 6.07) is 7.79. The summed E-state index contributed by atoms with van der Waals surface area (Å²) >= 11 is 3.43. The van der Waals surface area contributed by atoms with Crippen LogP contribution in [-0.4, -0.2) is 62.2 Å². The fraction of sp³-hybridized carbons (Fsp3) is 0.533. The standard InChI is InChI=1S/C15H22BrN3O2/c1-18(2)9-7-17-15(20)19-8-6-14(11-19)21-13-5-3-4-12(16)10-13/h3-5,10,14H,6-9,11H2,1-2H3,(H,17,20). The summed E-state index contributed by atoms with van der Waals surface area (Å²) in [6.07, 6.45) is 0.937. The molecule has 6 heteroatoms. The van der Waals surface area contributed by atoms with E-state index in [4.69, 9.17) is 4.74 Å². The van der Waals surface area contributed by atoms with Gasteiger partial charge >= 0.3 is 6.03 Å². The minimum Gasteiger partial charge on any atom is -0.488 e. The van der Waals surface area contributed by atoms with Crippen molar-refractivity contribution in [2.45, 2.75) is 12.5 Å². The maximum absolute atomic E-state index is 12.0. The quantitative estimate of drug-likeness (QED) is 0.880. The summed E-state index contributed by atoms with van der Waals surface area (Å²) in [5.41, 5.74) is 0. The van der Waals surface area contributed by atoms with Crippen molar-refractivity contribution in [2.24, 2.45) is 0 Å². The molecule has 1 aliphatic rings. The Morgan fingerprint density at radius 2 is 2.33 bits per heavy atom. The van der Waals surface area contributed by atoms with Crippen LogP contribution in [-0.2, 0) is 0 Å². The molecule has 1 heterocycles. The normalized spacial score (nSPS) is 18.1. The first kappa shape index (κ1) is 16.1. The molecule has 0 saturated carbocycles. The van der Waals surface area contributed by atoms with Crippen molar-refractivity contribution >= 4 is 22.0 Å². The number of likely N-dealkylation sites (N-methyl/N-ethyl adjacent to an activating group) is 1. The van der Waals surface area contributed by atoms with Crippen LogP contribution in [0.15, 0.2) is 28.7 Å². The van der Waals surface area contributed by atoms with Crippen LogP contribution in [0.25, 0.3) is 0 Å². The molecular weight excluding hydrogens is 334 g/mol. The number of hydrogen-bond acceptors (Lipinski definition) is 3. The average Bonchev–Trinajstić information content (AvgIpc) is 2.87. The maximum atomic E-state index is 12.0. The van der Waals surface area contributed by atoms with Gasteiger partial charge in [-0.2, -0.15) is 0 Å². The predicted octanol–water partition coefficient (Wildman–Crippen LogP) is 2.17. The molecule has 1 aliphatic heterocycles. The number of amides is 2. The lowest BCUT2D eigenvalue weighted by molar-refractivity contribution is 0.186. The van der Waals surface area contributed by atoms with Crippen molar-refractivity contribution in [1.82, 2.24) is 15.1 Å². The number of rotatable bonds is 5. The number of hydrogen-bond donors (Lipinski definition) is 1. The van der Waals surface area contributed by atoms with Gasteiger partial charge < -0.3 is 19.9 Å². The van der Waals surface area contributed by atoms with E-state index in [-0.39, 0.29) is 12.1 Å². The molecule has 1 atom stereocenters. The number of likely N-dealkylation sites (tertiary alicyclic amines) is 1. The second-order valence-corrected chi connectivity index (χ2v) is 6.38. The summed E-state index contributed by atoms with van der Waals surface area (Å²) in [5, 5.41) is 2.93. The van der Waals surface area contributed by atoms with Crippen molar-refractivity contribution in [3.63, 3.8) is 0 Å². The molecule has 2 amide bonds. The van der Waals surface area contributed by atoms with Gasteiger partial charge in [0.05, 0.1) is 6.54 Å². The van der Waals surface area contributed by atoms with Gasteiger partial charge in [-0.15, -0.1) is 0 Å². The molecule has 21 heavy (non-hydrogen) atoms. The fourth-order valence-corrected chi connectivity index (χ4v) is 2.62. The molecule has 0 radical (unpaired) electrons. The molecule has 0 spiro atoms. The van der Waals surface area contributed by atoms with Crippen molar-refractivity contribution in [1.29, 1.82) is 0 Å². The van der Waals surface area contributed by atoms with Gasteiger partial charge in [-0.25, -0.2) is 4.79 Å². The van der Waals surface area contributed by atoms with Crippen molar-refractivity contribution in [2.75, 3.05) is 40.3 Å². The molecule has 2 rings (SSSR count). The van der Waals surface area contributed by atoms with E-state index >= 15 is 0 Å². The van der Waals surface area contributed by atoms with Crippen LogP contribution in [0.2, 0.25) is 0 Å². The zero-order valence-electron chi connectivity index (χ0n) is 12.5. The van der Waals surface area contributed by atoms with Crippen LogP contribution in [0.1, 0.15) is 6.42 Å². The molecule has 0 aromatic heterocycles. The zero-order chi connectivity index (χ0) is 15.2. The third-order valence-corrected chi connectivity index (χ3v) is 3.86. The van der Waals surface area contributed by atoms with E-state index in [1.807, 2.05) is 48.2 Å². The Morgan fingerprint density at radius 3 is 3.05 bits per heavy atom.